The van der Waals surface area contributed by atoms with Gasteiger partial charge in [0.15, 0.2) is 0 Å². The standard InChI is InChI=1S/C14H13N3O4S/c1-11-5-7-14(8-6-11)22(20,21)16-15-10-12-3-2-4-13(9-12)17(18)19/h2-10,16H,1H3/b15-10-. The van der Waals surface area contributed by atoms with Crippen LogP contribution < -0.4 is 4.83 Å². The quantitative estimate of drug-likeness (QED) is 0.518. The topological polar surface area (TPSA) is 102 Å². The summed E-state index contributed by atoms with van der Waals surface area (Å²) in [5, 5.41) is 14.3. The Morgan fingerprint density at radius 3 is 2.50 bits per heavy atom. The molecule has 2 aromatic carbocycles. The third-order valence-corrected chi connectivity index (χ3v) is 4.04. The highest BCUT2D eigenvalue weighted by atomic mass is 32.2. The predicted octanol–water partition coefficient (Wildman–Crippen LogP) is 2.22. The Bertz CT molecular complexity index is 814. The summed E-state index contributed by atoms with van der Waals surface area (Å²) in [6.45, 7) is 1.85. The van der Waals surface area contributed by atoms with Crippen LogP contribution in [0.4, 0.5) is 5.69 Å². The van der Waals surface area contributed by atoms with E-state index in [-0.39, 0.29) is 10.6 Å². The highest BCUT2D eigenvalue weighted by Crippen LogP contribution is 2.12. The van der Waals surface area contributed by atoms with Crippen LogP contribution in [0.5, 0.6) is 0 Å². The van der Waals surface area contributed by atoms with Crippen molar-refractivity contribution in [1.82, 2.24) is 4.83 Å². The molecule has 0 aliphatic rings. The van der Waals surface area contributed by atoms with E-state index in [1.807, 2.05) is 6.92 Å². The molecule has 0 aliphatic heterocycles. The van der Waals surface area contributed by atoms with E-state index < -0.39 is 14.9 Å². The molecule has 0 atom stereocenters. The van der Waals surface area contributed by atoms with Crippen molar-refractivity contribution in [2.24, 2.45) is 5.10 Å². The molecule has 0 saturated heterocycles. The van der Waals surface area contributed by atoms with Crippen LogP contribution in [0, 0.1) is 17.0 Å². The van der Waals surface area contributed by atoms with E-state index in [0.717, 1.165) is 5.56 Å². The molecule has 2 aromatic rings. The monoisotopic (exact) mass is 319 g/mol. The van der Waals surface area contributed by atoms with Gasteiger partial charge >= 0.3 is 0 Å². The number of nitrogens with zero attached hydrogens (tertiary/aromatic N) is 2. The largest absolute Gasteiger partial charge is 0.276 e. The molecular formula is C14H13N3O4S. The maximum atomic E-state index is 12.0. The number of nitro groups is 1. The second-order valence-electron chi connectivity index (χ2n) is 4.52. The molecule has 0 unspecified atom stereocenters. The first-order valence-corrected chi connectivity index (χ1v) is 7.73. The van der Waals surface area contributed by atoms with Crippen molar-refractivity contribution in [3.8, 4) is 0 Å². The Labute approximate surface area is 127 Å². The molecule has 0 saturated carbocycles. The summed E-state index contributed by atoms with van der Waals surface area (Å²) in [6.07, 6.45) is 1.21. The number of non-ortho nitro benzene ring substituents is 1. The summed E-state index contributed by atoms with van der Waals surface area (Å²) in [6, 6.07) is 12.0. The van der Waals surface area contributed by atoms with Crippen LogP contribution >= 0.6 is 0 Å². The SMILES string of the molecule is Cc1ccc(S(=O)(=O)N/N=C\c2cccc([N+](=O)[O-])c2)cc1. The lowest BCUT2D eigenvalue weighted by molar-refractivity contribution is -0.384. The Kier molecular flexibility index (Phi) is 4.52. The van der Waals surface area contributed by atoms with Crippen molar-refractivity contribution in [2.45, 2.75) is 11.8 Å². The summed E-state index contributed by atoms with van der Waals surface area (Å²) in [4.78, 5) is 12.3. The van der Waals surface area contributed by atoms with Crippen LogP contribution in [0.3, 0.4) is 0 Å². The van der Waals surface area contributed by atoms with E-state index in [2.05, 4.69) is 9.93 Å². The first-order valence-electron chi connectivity index (χ1n) is 6.24. The Morgan fingerprint density at radius 2 is 1.86 bits per heavy atom. The first kappa shape index (κ1) is 15.6. The number of benzene rings is 2. The number of hydrazone groups is 1. The van der Waals surface area contributed by atoms with Crippen molar-refractivity contribution < 1.29 is 13.3 Å². The fraction of sp³-hybridized carbons (Fsp3) is 0.0714. The number of hydrogen-bond donors (Lipinski definition) is 1. The zero-order valence-electron chi connectivity index (χ0n) is 11.6. The minimum atomic E-state index is -3.76. The van der Waals surface area contributed by atoms with Crippen molar-refractivity contribution in [2.75, 3.05) is 0 Å². The number of nitro benzene ring substituents is 1. The summed E-state index contributed by atoms with van der Waals surface area (Å²) >= 11 is 0. The third kappa shape index (κ3) is 3.89. The van der Waals surface area contributed by atoms with Gasteiger partial charge in [-0.1, -0.05) is 29.8 Å². The van der Waals surface area contributed by atoms with Gasteiger partial charge in [0.25, 0.3) is 15.7 Å². The average molecular weight is 319 g/mol. The molecular weight excluding hydrogens is 306 g/mol. The van der Waals surface area contributed by atoms with E-state index in [1.165, 1.54) is 36.5 Å². The maximum absolute atomic E-state index is 12.0. The van der Waals surface area contributed by atoms with Gasteiger partial charge in [-0.3, -0.25) is 10.1 Å². The van der Waals surface area contributed by atoms with E-state index >= 15 is 0 Å². The van der Waals surface area contributed by atoms with E-state index in [1.54, 1.807) is 18.2 Å². The molecule has 0 spiro atoms. The molecule has 22 heavy (non-hydrogen) atoms. The van der Waals surface area contributed by atoms with E-state index in [0.29, 0.717) is 5.56 Å². The number of sulfonamides is 1. The van der Waals surface area contributed by atoms with Crippen LogP contribution in [0.1, 0.15) is 11.1 Å². The van der Waals surface area contributed by atoms with Crippen LogP contribution in [0.25, 0.3) is 0 Å². The lowest BCUT2D eigenvalue weighted by Crippen LogP contribution is -2.18. The maximum Gasteiger partial charge on any atom is 0.276 e. The van der Waals surface area contributed by atoms with Gasteiger partial charge < -0.3 is 0 Å². The molecule has 0 bridgehead atoms. The number of hydrogen-bond acceptors (Lipinski definition) is 5. The fourth-order valence-corrected chi connectivity index (χ4v) is 2.45. The summed E-state index contributed by atoms with van der Waals surface area (Å²) in [5.74, 6) is 0. The minimum Gasteiger partial charge on any atom is -0.258 e. The predicted molar refractivity (Wildman–Crippen MR) is 82.2 cm³/mol. The highest BCUT2D eigenvalue weighted by Gasteiger charge is 2.11. The van der Waals surface area contributed by atoms with Gasteiger partial charge in [0.05, 0.1) is 16.0 Å². The molecule has 114 valence electrons. The third-order valence-electron chi connectivity index (χ3n) is 2.80. The summed E-state index contributed by atoms with van der Waals surface area (Å²) < 4.78 is 24.0. The van der Waals surface area contributed by atoms with Crippen LogP contribution in [0.2, 0.25) is 0 Å². The van der Waals surface area contributed by atoms with Gasteiger partial charge in [-0.05, 0) is 19.1 Å². The summed E-state index contributed by atoms with van der Waals surface area (Å²) in [7, 11) is -3.76. The Morgan fingerprint density at radius 1 is 1.18 bits per heavy atom. The average Bonchev–Trinajstić information content (AvgIpc) is 2.48. The Hall–Kier alpha value is -2.74. The summed E-state index contributed by atoms with van der Waals surface area (Å²) in [5.41, 5.74) is 1.27. The van der Waals surface area contributed by atoms with E-state index in [9.17, 15) is 18.5 Å². The molecule has 0 fully saturated rings. The van der Waals surface area contributed by atoms with Crippen molar-refractivity contribution in [1.29, 1.82) is 0 Å². The van der Waals surface area contributed by atoms with Gasteiger partial charge in [-0.15, -0.1) is 0 Å². The van der Waals surface area contributed by atoms with Crippen molar-refractivity contribution >= 4 is 21.9 Å². The first-order chi connectivity index (χ1) is 10.4. The lowest BCUT2D eigenvalue weighted by atomic mass is 10.2. The van der Waals surface area contributed by atoms with Crippen molar-refractivity contribution in [3.05, 3.63) is 69.8 Å². The smallest absolute Gasteiger partial charge is 0.258 e. The van der Waals surface area contributed by atoms with Crippen molar-refractivity contribution in [3.63, 3.8) is 0 Å². The fourth-order valence-electron chi connectivity index (χ4n) is 1.66. The van der Waals surface area contributed by atoms with Gasteiger partial charge in [0, 0.05) is 17.7 Å². The van der Waals surface area contributed by atoms with Crippen LogP contribution in [-0.2, 0) is 10.0 Å². The normalized spacial score (nSPS) is 11.5. The van der Waals surface area contributed by atoms with Gasteiger partial charge in [0.1, 0.15) is 0 Å². The second kappa shape index (κ2) is 6.35. The zero-order valence-corrected chi connectivity index (χ0v) is 12.4. The zero-order chi connectivity index (χ0) is 16.2. The molecule has 7 nitrogen and oxygen atoms in total. The Balaban J connectivity index is 2.13. The number of rotatable bonds is 5. The number of aryl methyl sites for hydroxylation is 1. The molecule has 0 amide bonds. The van der Waals surface area contributed by atoms with Gasteiger partial charge in [0.2, 0.25) is 0 Å². The van der Waals surface area contributed by atoms with E-state index in [4.69, 9.17) is 0 Å². The minimum absolute atomic E-state index is 0.0919. The molecule has 0 aromatic heterocycles. The molecule has 2 rings (SSSR count). The van der Waals surface area contributed by atoms with Crippen LogP contribution in [-0.4, -0.2) is 19.6 Å². The molecule has 0 radical (unpaired) electrons. The second-order valence-corrected chi connectivity index (χ2v) is 6.18. The molecule has 0 heterocycles. The lowest BCUT2D eigenvalue weighted by Gasteiger charge is -2.03. The molecule has 0 aliphatic carbocycles. The molecule has 8 heteroatoms. The van der Waals surface area contributed by atoms with Gasteiger partial charge in [-0.25, -0.2) is 4.83 Å². The van der Waals surface area contributed by atoms with Gasteiger partial charge in [-0.2, -0.15) is 13.5 Å². The van der Waals surface area contributed by atoms with Crippen LogP contribution in [0.15, 0.2) is 58.5 Å². The number of nitrogens with one attached hydrogen (secondary N) is 1. The molecule has 1 N–H and O–H groups in total. The highest BCUT2D eigenvalue weighted by molar-refractivity contribution is 7.89.